The van der Waals surface area contributed by atoms with Gasteiger partial charge in [0.1, 0.15) is 0 Å². The van der Waals surface area contributed by atoms with Crippen molar-refractivity contribution in [3.05, 3.63) is 34.0 Å². The number of benzene rings is 1. The third-order valence-electron chi connectivity index (χ3n) is 6.62. The van der Waals surface area contributed by atoms with Gasteiger partial charge < -0.3 is 10.1 Å². The molecule has 2 aliphatic carbocycles. The summed E-state index contributed by atoms with van der Waals surface area (Å²) in [6, 6.07) is -1.03. The van der Waals surface area contributed by atoms with Crippen molar-refractivity contribution < 1.29 is 31.1 Å². The maximum atomic E-state index is 13.9. The standard InChI is InChI=1S/C22H25F3N4O4S/c1-21(2)10-29-19(33-11-21)16(9-26-29)34(31,32)28-20(30)27-18-14-7-3-5-12(14)17(22(23,24)25)13-6-4-8-15(13)18/h9H,3-8,10-11H2,1-2H3,(H2,27,28,30). The van der Waals surface area contributed by atoms with Gasteiger partial charge in [-0.2, -0.15) is 18.3 Å². The number of ether oxygens (including phenoxy) is 1. The van der Waals surface area contributed by atoms with Crippen LogP contribution in [0.4, 0.5) is 23.7 Å². The Balaban J connectivity index is 1.44. The fourth-order valence-corrected chi connectivity index (χ4v) is 6.26. The van der Waals surface area contributed by atoms with Gasteiger partial charge in [0.05, 0.1) is 24.9 Å². The molecule has 2 heterocycles. The normalized spacial score (nSPS) is 18.6. The molecule has 2 N–H and O–H groups in total. The molecule has 1 aliphatic heterocycles. The number of nitrogens with zero attached hydrogens (tertiary/aromatic N) is 2. The molecule has 0 bridgehead atoms. The number of anilines is 1. The molecule has 2 amide bonds. The number of sulfonamides is 1. The number of rotatable bonds is 3. The highest BCUT2D eigenvalue weighted by Gasteiger charge is 2.42. The molecule has 2 aromatic rings. The molecule has 1 aromatic carbocycles. The lowest BCUT2D eigenvalue weighted by atomic mass is 9.91. The van der Waals surface area contributed by atoms with Crippen molar-refractivity contribution in [1.82, 2.24) is 14.5 Å². The number of nitrogens with one attached hydrogen (secondary N) is 2. The van der Waals surface area contributed by atoms with Crippen molar-refractivity contribution in [2.75, 3.05) is 11.9 Å². The van der Waals surface area contributed by atoms with E-state index < -0.39 is 27.8 Å². The van der Waals surface area contributed by atoms with Crippen LogP contribution >= 0.6 is 0 Å². The Hall–Kier alpha value is -2.76. The molecular weight excluding hydrogens is 473 g/mol. The Morgan fingerprint density at radius 2 is 1.68 bits per heavy atom. The molecular formula is C22H25F3N4O4S. The molecule has 1 aromatic heterocycles. The van der Waals surface area contributed by atoms with Crippen molar-refractivity contribution in [3.63, 3.8) is 0 Å². The SMILES string of the molecule is CC1(C)COc2c(S(=O)(=O)NC(=O)Nc3c4c(c(C(F)(F)F)c5c3CCC5)CCC4)cnn2C1. The van der Waals surface area contributed by atoms with Crippen molar-refractivity contribution >= 4 is 21.7 Å². The zero-order valence-electron chi connectivity index (χ0n) is 18.8. The number of amides is 2. The van der Waals surface area contributed by atoms with Crippen LogP contribution in [0.15, 0.2) is 11.1 Å². The van der Waals surface area contributed by atoms with E-state index in [9.17, 15) is 26.4 Å². The molecule has 0 fully saturated rings. The summed E-state index contributed by atoms with van der Waals surface area (Å²) in [5.41, 5.74) is 0.853. The van der Waals surface area contributed by atoms with E-state index in [0.29, 0.717) is 49.0 Å². The highest BCUT2D eigenvalue weighted by atomic mass is 32.2. The Kier molecular flexibility index (Phi) is 5.16. The van der Waals surface area contributed by atoms with E-state index in [1.807, 2.05) is 18.6 Å². The first-order valence-electron chi connectivity index (χ1n) is 11.2. The zero-order chi connectivity index (χ0) is 24.5. The summed E-state index contributed by atoms with van der Waals surface area (Å²) in [5.74, 6) is 0.0518. The van der Waals surface area contributed by atoms with Crippen molar-refractivity contribution in [1.29, 1.82) is 0 Å². The second-order valence-corrected chi connectivity index (χ2v) is 11.5. The van der Waals surface area contributed by atoms with E-state index in [0.717, 1.165) is 6.20 Å². The maximum Gasteiger partial charge on any atom is 0.416 e. The van der Waals surface area contributed by atoms with E-state index >= 15 is 0 Å². The van der Waals surface area contributed by atoms with E-state index in [-0.39, 0.29) is 46.8 Å². The van der Waals surface area contributed by atoms with E-state index in [2.05, 4.69) is 10.4 Å². The molecule has 0 saturated carbocycles. The molecule has 3 aliphatic rings. The average molecular weight is 499 g/mol. The monoisotopic (exact) mass is 498 g/mol. The maximum absolute atomic E-state index is 13.9. The number of alkyl halides is 3. The third-order valence-corrected chi connectivity index (χ3v) is 7.93. The number of carbonyl (C=O) groups is 1. The summed E-state index contributed by atoms with van der Waals surface area (Å²) in [6.07, 6.45) is -0.894. The number of hydrogen-bond acceptors (Lipinski definition) is 5. The molecule has 5 rings (SSSR count). The van der Waals surface area contributed by atoms with Crippen LogP contribution < -0.4 is 14.8 Å². The molecule has 0 spiro atoms. The minimum Gasteiger partial charge on any atom is -0.476 e. The smallest absolute Gasteiger partial charge is 0.416 e. The summed E-state index contributed by atoms with van der Waals surface area (Å²) >= 11 is 0. The largest absolute Gasteiger partial charge is 0.476 e. The number of carbonyl (C=O) groups excluding carboxylic acids is 1. The van der Waals surface area contributed by atoms with Gasteiger partial charge in [-0.15, -0.1) is 0 Å². The molecule has 12 heteroatoms. The first-order valence-corrected chi connectivity index (χ1v) is 12.6. The Morgan fingerprint density at radius 3 is 2.26 bits per heavy atom. The molecule has 0 atom stereocenters. The summed E-state index contributed by atoms with van der Waals surface area (Å²) in [6.45, 7) is 4.65. The fourth-order valence-electron chi connectivity index (χ4n) is 5.28. The Labute approximate surface area is 194 Å². The van der Waals surface area contributed by atoms with E-state index in [1.165, 1.54) is 4.68 Å². The third kappa shape index (κ3) is 3.81. The minimum absolute atomic E-state index is 0.0518. The predicted octanol–water partition coefficient (Wildman–Crippen LogP) is 3.81. The molecule has 0 radical (unpaired) electrons. The van der Waals surface area contributed by atoms with Crippen molar-refractivity contribution in [2.24, 2.45) is 5.41 Å². The van der Waals surface area contributed by atoms with Crippen LogP contribution in [0.1, 0.15) is 54.5 Å². The lowest BCUT2D eigenvalue weighted by molar-refractivity contribution is -0.138. The lowest BCUT2D eigenvalue weighted by Crippen LogP contribution is -2.36. The van der Waals surface area contributed by atoms with Crippen LogP contribution in [0.5, 0.6) is 5.88 Å². The number of urea groups is 1. The molecule has 184 valence electrons. The van der Waals surface area contributed by atoms with Gasteiger partial charge in [0.15, 0.2) is 4.90 Å². The summed E-state index contributed by atoms with van der Waals surface area (Å²) in [5, 5.41) is 6.64. The van der Waals surface area contributed by atoms with Crippen LogP contribution in [0.25, 0.3) is 0 Å². The van der Waals surface area contributed by atoms with E-state index in [4.69, 9.17) is 4.74 Å². The zero-order valence-corrected chi connectivity index (χ0v) is 19.6. The highest BCUT2D eigenvalue weighted by molar-refractivity contribution is 7.90. The first kappa shape index (κ1) is 23.0. The van der Waals surface area contributed by atoms with Crippen LogP contribution in [-0.4, -0.2) is 30.8 Å². The van der Waals surface area contributed by atoms with E-state index in [1.54, 1.807) is 0 Å². The highest BCUT2D eigenvalue weighted by Crippen LogP contribution is 2.47. The molecule has 0 unspecified atom stereocenters. The van der Waals surface area contributed by atoms with Crippen LogP contribution in [-0.2, 0) is 48.4 Å². The van der Waals surface area contributed by atoms with Gasteiger partial charge in [-0.3, -0.25) is 0 Å². The van der Waals surface area contributed by atoms with Gasteiger partial charge in [0.2, 0.25) is 5.88 Å². The van der Waals surface area contributed by atoms with Gasteiger partial charge in [0.25, 0.3) is 10.0 Å². The van der Waals surface area contributed by atoms with Crippen molar-refractivity contribution in [3.8, 4) is 5.88 Å². The van der Waals surface area contributed by atoms with Gasteiger partial charge in [-0.05, 0) is 60.8 Å². The topological polar surface area (TPSA) is 102 Å². The second-order valence-electron chi connectivity index (χ2n) is 9.85. The molecule has 0 saturated heterocycles. The Morgan fingerprint density at radius 1 is 1.09 bits per heavy atom. The summed E-state index contributed by atoms with van der Waals surface area (Å²) in [7, 11) is -4.32. The lowest BCUT2D eigenvalue weighted by Gasteiger charge is -2.30. The van der Waals surface area contributed by atoms with Gasteiger partial charge >= 0.3 is 12.2 Å². The average Bonchev–Trinajstić information content (AvgIpc) is 3.44. The number of aromatic nitrogens is 2. The van der Waals surface area contributed by atoms with Gasteiger partial charge in [-0.1, -0.05) is 13.8 Å². The van der Waals surface area contributed by atoms with Gasteiger partial charge in [0, 0.05) is 11.1 Å². The van der Waals surface area contributed by atoms with Crippen LogP contribution in [0, 0.1) is 5.41 Å². The van der Waals surface area contributed by atoms with Crippen LogP contribution in [0.3, 0.4) is 0 Å². The fraction of sp³-hybridized carbons (Fsp3) is 0.545. The van der Waals surface area contributed by atoms with Crippen molar-refractivity contribution in [2.45, 2.75) is 70.0 Å². The second kappa shape index (κ2) is 7.62. The number of halogens is 3. The number of hydrogen-bond donors (Lipinski definition) is 2. The first-order chi connectivity index (χ1) is 15.9. The minimum atomic E-state index is -4.47. The van der Waals surface area contributed by atoms with Crippen LogP contribution in [0.2, 0.25) is 0 Å². The number of fused-ring (bicyclic) bond motifs is 3. The molecule has 8 nitrogen and oxygen atoms in total. The van der Waals surface area contributed by atoms with Gasteiger partial charge in [-0.25, -0.2) is 22.6 Å². The predicted molar refractivity (Wildman–Crippen MR) is 116 cm³/mol. The summed E-state index contributed by atoms with van der Waals surface area (Å²) in [4.78, 5) is 12.5. The summed E-state index contributed by atoms with van der Waals surface area (Å²) < 4.78 is 76.4. The Bertz CT molecular complexity index is 1260. The molecule has 34 heavy (non-hydrogen) atoms. The quantitative estimate of drug-likeness (QED) is 0.670.